The van der Waals surface area contributed by atoms with Crippen LogP contribution in [0.4, 0.5) is 24.5 Å². The number of carbonyl (C=O) groups is 2. The van der Waals surface area contributed by atoms with Gasteiger partial charge in [0.15, 0.2) is 5.69 Å². The Morgan fingerprint density at radius 1 is 0.917 bits per heavy atom. The number of ether oxygens (including phenoxy) is 1. The number of benzene rings is 3. The number of methoxy groups -OCH3 is 1. The molecule has 0 saturated carbocycles. The molecule has 2 amide bonds. The van der Waals surface area contributed by atoms with Crippen LogP contribution in [-0.4, -0.2) is 33.9 Å². The quantitative estimate of drug-likeness (QED) is 0.388. The van der Waals surface area contributed by atoms with E-state index >= 15 is 0 Å². The van der Waals surface area contributed by atoms with Crippen molar-refractivity contribution < 1.29 is 27.5 Å². The number of para-hydroxylation sites is 1. The van der Waals surface area contributed by atoms with Gasteiger partial charge in [-0.05, 0) is 49.4 Å². The Labute approximate surface area is 203 Å². The summed E-state index contributed by atoms with van der Waals surface area (Å²) in [6.45, 7) is 1.67. The van der Waals surface area contributed by atoms with Gasteiger partial charge >= 0.3 is 6.18 Å². The van der Waals surface area contributed by atoms with Gasteiger partial charge < -0.3 is 15.4 Å². The summed E-state index contributed by atoms with van der Waals surface area (Å²) in [6.07, 6.45) is -4.55. The number of rotatable bonds is 6. The van der Waals surface area contributed by atoms with Crippen LogP contribution < -0.4 is 15.4 Å². The molecular weight excluding hydrogens is 475 g/mol. The zero-order valence-electron chi connectivity index (χ0n) is 19.1. The fourth-order valence-electron chi connectivity index (χ4n) is 3.47. The Kier molecular flexibility index (Phi) is 6.73. The molecule has 1 aromatic heterocycles. The van der Waals surface area contributed by atoms with Crippen molar-refractivity contribution in [2.24, 2.45) is 0 Å². The third kappa shape index (κ3) is 5.19. The van der Waals surface area contributed by atoms with E-state index in [1.54, 1.807) is 43.3 Å². The summed E-state index contributed by atoms with van der Waals surface area (Å²) in [6, 6.07) is 17.4. The molecule has 0 spiro atoms. The summed E-state index contributed by atoms with van der Waals surface area (Å²) < 4.78 is 45.7. The van der Waals surface area contributed by atoms with E-state index in [9.17, 15) is 22.8 Å². The highest BCUT2D eigenvalue weighted by Gasteiger charge is 2.30. The highest BCUT2D eigenvalue weighted by Crippen LogP contribution is 2.31. The number of amides is 2. The molecule has 184 valence electrons. The van der Waals surface area contributed by atoms with Crippen molar-refractivity contribution in [3.05, 3.63) is 95.3 Å². The normalized spacial score (nSPS) is 11.1. The van der Waals surface area contributed by atoms with Crippen molar-refractivity contribution in [3.63, 3.8) is 0 Å². The molecule has 0 radical (unpaired) electrons. The molecule has 0 aliphatic carbocycles. The topological polar surface area (TPSA) is 98.1 Å². The van der Waals surface area contributed by atoms with Gasteiger partial charge in [0.25, 0.3) is 11.8 Å². The monoisotopic (exact) mass is 495 g/mol. The number of alkyl halides is 3. The molecule has 0 bridgehead atoms. The number of nitrogens with one attached hydrogen (secondary N) is 2. The molecule has 0 aliphatic heterocycles. The summed E-state index contributed by atoms with van der Waals surface area (Å²) in [5.41, 5.74) is 0.407. The third-order valence-corrected chi connectivity index (χ3v) is 5.28. The molecule has 0 fully saturated rings. The number of hydrogen-bond acceptors (Lipinski definition) is 5. The number of halogens is 3. The molecule has 0 unspecified atom stereocenters. The molecule has 0 saturated heterocycles. The van der Waals surface area contributed by atoms with Crippen LogP contribution in [0.1, 0.15) is 32.1 Å². The SMILES string of the molecule is COc1cccc(-n2nnc(C(=O)Nc3ccccc3C(=O)Nc3cccc(C(F)(F)F)c3)c2C)c1. The Morgan fingerprint density at radius 3 is 2.42 bits per heavy atom. The summed E-state index contributed by atoms with van der Waals surface area (Å²) in [5, 5.41) is 13.1. The van der Waals surface area contributed by atoms with Gasteiger partial charge in [-0.1, -0.05) is 29.5 Å². The summed E-state index contributed by atoms with van der Waals surface area (Å²) in [5.74, 6) is -0.697. The second-order valence-electron chi connectivity index (χ2n) is 7.67. The highest BCUT2D eigenvalue weighted by atomic mass is 19.4. The molecule has 3 aromatic carbocycles. The van der Waals surface area contributed by atoms with Crippen molar-refractivity contribution in [2.75, 3.05) is 17.7 Å². The minimum atomic E-state index is -4.55. The van der Waals surface area contributed by atoms with E-state index in [0.717, 1.165) is 12.1 Å². The summed E-state index contributed by atoms with van der Waals surface area (Å²) >= 11 is 0. The van der Waals surface area contributed by atoms with Crippen LogP contribution in [0.5, 0.6) is 5.75 Å². The van der Waals surface area contributed by atoms with E-state index in [-0.39, 0.29) is 22.6 Å². The highest BCUT2D eigenvalue weighted by molar-refractivity contribution is 6.12. The first-order valence-corrected chi connectivity index (χ1v) is 10.6. The van der Waals surface area contributed by atoms with Gasteiger partial charge in [-0.3, -0.25) is 9.59 Å². The number of nitrogens with zero attached hydrogens (tertiary/aromatic N) is 3. The molecule has 2 N–H and O–H groups in total. The first kappa shape index (κ1) is 24.5. The maximum atomic E-state index is 13.0. The maximum Gasteiger partial charge on any atom is 0.416 e. The Balaban J connectivity index is 1.55. The van der Waals surface area contributed by atoms with Crippen LogP contribution in [0.15, 0.2) is 72.8 Å². The molecular formula is C25H20F3N5O3. The van der Waals surface area contributed by atoms with Gasteiger partial charge in [-0.25, -0.2) is 4.68 Å². The minimum absolute atomic E-state index is 0.0332. The fraction of sp³-hybridized carbons (Fsp3) is 0.120. The van der Waals surface area contributed by atoms with E-state index in [4.69, 9.17) is 4.74 Å². The van der Waals surface area contributed by atoms with Gasteiger partial charge in [0.2, 0.25) is 0 Å². The lowest BCUT2D eigenvalue weighted by molar-refractivity contribution is -0.137. The first-order valence-electron chi connectivity index (χ1n) is 10.6. The molecule has 11 heteroatoms. The van der Waals surface area contributed by atoms with Gasteiger partial charge in [-0.2, -0.15) is 13.2 Å². The molecule has 4 aromatic rings. The van der Waals surface area contributed by atoms with Gasteiger partial charge in [0.05, 0.1) is 35.3 Å². The zero-order valence-corrected chi connectivity index (χ0v) is 19.1. The van der Waals surface area contributed by atoms with Crippen LogP contribution in [0.2, 0.25) is 0 Å². The predicted molar refractivity (Wildman–Crippen MR) is 126 cm³/mol. The number of hydrogen-bond donors (Lipinski definition) is 2. The Morgan fingerprint density at radius 2 is 1.67 bits per heavy atom. The van der Waals surface area contributed by atoms with Gasteiger partial charge in [-0.15, -0.1) is 5.10 Å². The maximum absolute atomic E-state index is 13.0. The smallest absolute Gasteiger partial charge is 0.416 e. The molecule has 36 heavy (non-hydrogen) atoms. The van der Waals surface area contributed by atoms with Crippen LogP contribution in [-0.2, 0) is 6.18 Å². The minimum Gasteiger partial charge on any atom is -0.497 e. The van der Waals surface area contributed by atoms with Crippen molar-refractivity contribution in [2.45, 2.75) is 13.1 Å². The summed E-state index contributed by atoms with van der Waals surface area (Å²) in [7, 11) is 1.53. The lowest BCUT2D eigenvalue weighted by Crippen LogP contribution is -2.19. The molecule has 4 rings (SSSR count). The van der Waals surface area contributed by atoms with E-state index in [1.165, 1.54) is 36.1 Å². The van der Waals surface area contributed by atoms with E-state index < -0.39 is 23.6 Å². The summed E-state index contributed by atoms with van der Waals surface area (Å²) in [4.78, 5) is 25.8. The van der Waals surface area contributed by atoms with E-state index in [1.807, 2.05) is 0 Å². The van der Waals surface area contributed by atoms with Crippen LogP contribution in [0.25, 0.3) is 5.69 Å². The molecule has 0 aliphatic rings. The molecule has 0 atom stereocenters. The predicted octanol–water partition coefficient (Wildman–Crippen LogP) is 5.11. The second kappa shape index (κ2) is 9.90. The van der Waals surface area contributed by atoms with Crippen LogP contribution >= 0.6 is 0 Å². The largest absolute Gasteiger partial charge is 0.497 e. The fourth-order valence-corrected chi connectivity index (χ4v) is 3.47. The first-order chi connectivity index (χ1) is 17.2. The average Bonchev–Trinajstić information content (AvgIpc) is 3.25. The standard InChI is InChI=1S/C25H20F3N5O3/c1-15-22(31-32-33(15)18-9-6-10-19(14-18)36-2)24(35)30-21-12-4-3-11-20(21)23(34)29-17-8-5-7-16(13-17)25(26,27)28/h3-14H,1-2H3,(H,29,34)(H,30,35). The zero-order chi connectivity index (χ0) is 25.9. The van der Waals surface area contributed by atoms with Crippen molar-refractivity contribution in [1.82, 2.24) is 15.0 Å². The second-order valence-corrected chi connectivity index (χ2v) is 7.67. The lowest BCUT2D eigenvalue weighted by Gasteiger charge is -2.12. The third-order valence-electron chi connectivity index (χ3n) is 5.28. The molecule has 8 nitrogen and oxygen atoms in total. The van der Waals surface area contributed by atoms with E-state index in [2.05, 4.69) is 20.9 Å². The molecule has 1 heterocycles. The Bertz CT molecular complexity index is 1430. The average molecular weight is 495 g/mol. The number of aromatic nitrogens is 3. The number of carbonyl (C=O) groups excluding carboxylic acids is 2. The van der Waals surface area contributed by atoms with Crippen LogP contribution in [0, 0.1) is 6.92 Å². The van der Waals surface area contributed by atoms with Crippen molar-refractivity contribution >= 4 is 23.2 Å². The lowest BCUT2D eigenvalue weighted by atomic mass is 10.1. The number of anilines is 2. The van der Waals surface area contributed by atoms with Gasteiger partial charge in [0, 0.05) is 11.8 Å². The van der Waals surface area contributed by atoms with Gasteiger partial charge in [0.1, 0.15) is 5.75 Å². The van der Waals surface area contributed by atoms with Crippen LogP contribution in [0.3, 0.4) is 0 Å². The van der Waals surface area contributed by atoms with E-state index in [0.29, 0.717) is 17.1 Å². The van der Waals surface area contributed by atoms with Crippen molar-refractivity contribution in [1.29, 1.82) is 0 Å². The Hall–Kier alpha value is -4.67. The van der Waals surface area contributed by atoms with Crippen molar-refractivity contribution in [3.8, 4) is 11.4 Å².